The highest BCUT2D eigenvalue weighted by Crippen LogP contribution is 2.55. The first-order chi connectivity index (χ1) is 16.3. The zero-order chi connectivity index (χ0) is 23.9. The average molecular weight is 500 g/mol. The highest BCUT2D eigenvalue weighted by molar-refractivity contribution is 7.62. The van der Waals surface area contributed by atoms with Gasteiger partial charge in [-0.25, -0.2) is 0 Å². The quantitative estimate of drug-likeness (QED) is 0.320. The lowest BCUT2D eigenvalue weighted by molar-refractivity contribution is 0.0875. The Balaban J connectivity index is 1.57. The summed E-state index contributed by atoms with van der Waals surface area (Å²) in [5.74, 6) is 0. The second-order valence-electron chi connectivity index (χ2n) is 8.04. The van der Waals surface area contributed by atoms with Crippen LogP contribution < -0.4 is 10.7 Å². The third kappa shape index (κ3) is 4.39. The Morgan fingerprint density at radius 3 is 2.91 bits per heavy atom. The molecule has 4 aromatic rings. The van der Waals surface area contributed by atoms with Crippen LogP contribution in [0.2, 0.25) is 0 Å². The van der Waals surface area contributed by atoms with E-state index in [-0.39, 0.29) is 24.9 Å². The van der Waals surface area contributed by atoms with E-state index in [1.165, 1.54) is 23.0 Å². The maximum atomic E-state index is 13.7. The van der Waals surface area contributed by atoms with E-state index in [2.05, 4.69) is 4.98 Å². The molecule has 2 aromatic carbocycles. The zero-order valence-corrected chi connectivity index (χ0v) is 20.1. The number of benzene rings is 2. The maximum Gasteiger partial charge on any atom is 0.363 e. The van der Waals surface area contributed by atoms with Gasteiger partial charge in [-0.05, 0) is 24.6 Å². The smallest absolute Gasteiger partial charge is 0.326 e. The van der Waals surface area contributed by atoms with Crippen LogP contribution in [0.1, 0.15) is 23.7 Å². The number of nitrogens with zero attached hydrogens (tertiary/aromatic N) is 2. The van der Waals surface area contributed by atoms with Crippen molar-refractivity contribution in [3.8, 4) is 0 Å². The van der Waals surface area contributed by atoms with E-state index in [1.54, 1.807) is 18.2 Å². The zero-order valence-electron chi connectivity index (χ0n) is 18.2. The van der Waals surface area contributed by atoms with Crippen molar-refractivity contribution < 1.29 is 27.6 Å². The molecule has 0 saturated carbocycles. The summed E-state index contributed by atoms with van der Waals surface area (Å²) in [7, 11) is -6.80. The largest absolute Gasteiger partial charge is 0.363 e. The van der Waals surface area contributed by atoms with Crippen molar-refractivity contribution in [2.45, 2.75) is 26.2 Å². The van der Waals surface area contributed by atoms with Crippen LogP contribution in [0.25, 0.3) is 21.8 Å². The van der Waals surface area contributed by atoms with Gasteiger partial charge in [-0.2, -0.15) is 0 Å². The summed E-state index contributed by atoms with van der Waals surface area (Å²) in [4.78, 5) is 25.9. The van der Waals surface area contributed by atoms with Gasteiger partial charge in [-0.1, -0.05) is 35.9 Å². The van der Waals surface area contributed by atoms with Gasteiger partial charge in [0, 0.05) is 35.7 Å². The Kier molecular flexibility index (Phi) is 6.25. The fourth-order valence-electron chi connectivity index (χ4n) is 4.13. The minimum absolute atomic E-state index is 0.219. The van der Waals surface area contributed by atoms with E-state index >= 15 is 0 Å². The molecule has 1 fully saturated rings. The van der Waals surface area contributed by atoms with E-state index < -0.39 is 15.9 Å². The number of hydrogen-bond donors (Lipinski definition) is 1. The fraction of sp³-hybridized carbons (Fsp3) is 0.217. The summed E-state index contributed by atoms with van der Waals surface area (Å²) < 4.78 is 42.8. The summed E-state index contributed by atoms with van der Waals surface area (Å²) in [5.41, 5.74) is 2.71. The molecule has 2 aromatic heterocycles. The highest BCUT2D eigenvalue weighted by Gasteiger charge is 2.36. The second kappa shape index (κ2) is 9.19. The van der Waals surface area contributed by atoms with Gasteiger partial charge in [-0.3, -0.25) is 28.0 Å². The van der Waals surface area contributed by atoms with Crippen molar-refractivity contribution in [1.29, 1.82) is 0 Å². The normalized spacial score (nSPS) is 21.6. The minimum atomic E-state index is -3.64. The van der Waals surface area contributed by atoms with Crippen molar-refractivity contribution in [2.75, 3.05) is 6.61 Å². The molecule has 0 bridgehead atoms. The van der Waals surface area contributed by atoms with Crippen molar-refractivity contribution in [1.82, 2.24) is 9.55 Å². The first kappa shape index (κ1) is 23.1. The molecule has 34 heavy (non-hydrogen) atoms. The predicted octanol–water partition coefficient (Wildman–Crippen LogP) is 4.21. The van der Waals surface area contributed by atoms with Crippen LogP contribution in [0.3, 0.4) is 0 Å². The van der Waals surface area contributed by atoms with Gasteiger partial charge in [0.15, 0.2) is 5.43 Å². The highest BCUT2D eigenvalue weighted by atomic mass is 31.2. The topological polar surface area (TPSA) is 117 Å². The van der Waals surface area contributed by atoms with E-state index in [0.717, 1.165) is 11.1 Å². The maximum absolute atomic E-state index is 13.7. The molecule has 1 aliphatic heterocycles. The third-order valence-corrected chi connectivity index (χ3v) is 8.04. The lowest BCUT2D eigenvalue weighted by atomic mass is 10.0. The second-order valence-corrected chi connectivity index (χ2v) is 10.8. The Hall–Kier alpha value is -2.64. The van der Waals surface area contributed by atoms with Crippen molar-refractivity contribution in [3.63, 3.8) is 0 Å². The molecule has 0 amide bonds. The molecular weight excluding hydrogens is 478 g/mol. The minimum Gasteiger partial charge on any atom is -0.326 e. The monoisotopic (exact) mass is 500 g/mol. The summed E-state index contributed by atoms with van der Waals surface area (Å²) in [6.07, 6.45) is 3.13. The number of fused-ring (bicyclic) bond motifs is 3. The third-order valence-electron chi connectivity index (χ3n) is 5.73. The standard InChI is InChI=1S/C23H22N2O7P2/c1-15-3-2-4-16(11-15)21-8-10-31-34(29,32-21)18-12-17-5-6-19-20(26)7-9-25(14-30-33(27)28)23(19)22(17)24-13-18/h2-7,9,11-13,21,33H,8,10,14H2,1H3,(H,27,28). The van der Waals surface area contributed by atoms with Crippen LogP contribution in [0.4, 0.5) is 0 Å². The first-order valence-electron chi connectivity index (χ1n) is 10.6. The Labute approximate surface area is 195 Å². The molecule has 0 spiro atoms. The van der Waals surface area contributed by atoms with Gasteiger partial charge in [0.2, 0.25) is 0 Å². The Morgan fingerprint density at radius 1 is 1.26 bits per heavy atom. The van der Waals surface area contributed by atoms with E-state index in [4.69, 9.17) is 18.5 Å². The molecule has 3 atom stereocenters. The molecule has 1 N–H and O–H groups in total. The van der Waals surface area contributed by atoms with Gasteiger partial charge in [0.1, 0.15) is 6.73 Å². The van der Waals surface area contributed by atoms with Crippen molar-refractivity contribution in [3.05, 3.63) is 82.3 Å². The molecule has 9 nitrogen and oxygen atoms in total. The Bertz CT molecular complexity index is 1540. The van der Waals surface area contributed by atoms with Crippen LogP contribution in [0, 0.1) is 6.92 Å². The number of hydrogen-bond acceptors (Lipinski definition) is 7. The summed E-state index contributed by atoms with van der Waals surface area (Å²) in [5, 5.41) is 1.31. The first-order valence-corrected chi connectivity index (χ1v) is 13.4. The number of pyridine rings is 2. The van der Waals surface area contributed by atoms with Crippen LogP contribution in [-0.2, 0) is 29.4 Å². The van der Waals surface area contributed by atoms with Gasteiger partial charge >= 0.3 is 15.9 Å². The molecule has 1 aliphatic rings. The predicted molar refractivity (Wildman–Crippen MR) is 129 cm³/mol. The molecule has 5 rings (SSSR count). The van der Waals surface area contributed by atoms with Gasteiger partial charge < -0.3 is 14.0 Å². The lowest BCUT2D eigenvalue weighted by Crippen LogP contribution is -2.20. The van der Waals surface area contributed by atoms with Crippen LogP contribution in [-0.4, -0.2) is 21.1 Å². The summed E-state index contributed by atoms with van der Waals surface area (Å²) in [6, 6.07) is 14.3. The molecule has 11 heteroatoms. The van der Waals surface area contributed by atoms with Gasteiger partial charge in [-0.15, -0.1) is 0 Å². The van der Waals surface area contributed by atoms with Crippen LogP contribution in [0.15, 0.2) is 65.7 Å². The number of aromatic nitrogens is 2. The van der Waals surface area contributed by atoms with E-state index in [1.807, 2.05) is 31.2 Å². The molecule has 0 radical (unpaired) electrons. The van der Waals surface area contributed by atoms with Crippen molar-refractivity contribution >= 4 is 43.0 Å². The number of rotatable bonds is 5. The molecule has 3 heterocycles. The van der Waals surface area contributed by atoms with E-state index in [9.17, 15) is 13.9 Å². The molecular formula is C23H22N2O7P2. The summed E-state index contributed by atoms with van der Waals surface area (Å²) in [6.45, 7) is 2.05. The molecule has 1 saturated heterocycles. The summed E-state index contributed by atoms with van der Waals surface area (Å²) >= 11 is 0. The SMILES string of the molecule is Cc1cccc(C2CCOP(=O)(c3cnc4c(ccc5c(=O)ccn(CO[PH](=O)O)c54)c3)O2)c1. The molecule has 176 valence electrons. The van der Waals surface area contributed by atoms with E-state index in [0.29, 0.717) is 33.5 Å². The lowest BCUT2D eigenvalue weighted by Gasteiger charge is -2.30. The van der Waals surface area contributed by atoms with Crippen LogP contribution in [0.5, 0.6) is 0 Å². The number of aryl methyl sites for hydroxylation is 1. The molecule has 3 unspecified atom stereocenters. The molecule has 0 aliphatic carbocycles. The van der Waals surface area contributed by atoms with Gasteiger partial charge in [0.25, 0.3) is 0 Å². The van der Waals surface area contributed by atoms with Crippen molar-refractivity contribution in [2.24, 2.45) is 0 Å². The Morgan fingerprint density at radius 2 is 2.12 bits per heavy atom. The average Bonchev–Trinajstić information content (AvgIpc) is 2.83. The van der Waals surface area contributed by atoms with Gasteiger partial charge in [0.05, 0.1) is 29.0 Å². The fourth-order valence-corrected chi connectivity index (χ4v) is 6.12. The van der Waals surface area contributed by atoms with Crippen LogP contribution >= 0.6 is 15.9 Å².